The Hall–Kier alpha value is -3.62. The van der Waals surface area contributed by atoms with E-state index in [0.29, 0.717) is 54.9 Å². The molecule has 0 bridgehead atoms. The van der Waals surface area contributed by atoms with Crippen LogP contribution in [-0.4, -0.2) is 58.0 Å². The molecule has 9 heteroatoms. The number of benzene rings is 2. The van der Waals surface area contributed by atoms with E-state index in [4.69, 9.17) is 23.7 Å². The molecule has 2 aliphatic heterocycles. The van der Waals surface area contributed by atoms with Gasteiger partial charge in [-0.1, -0.05) is 0 Å². The SMILES string of the molecule is COC(=O)C[C@@H]1c2cc(OC)c(OC)cc2CCN1C(=O)Nc1ccc2c(c1)OCCO2. The second-order valence-corrected chi connectivity index (χ2v) is 7.43. The van der Waals surface area contributed by atoms with E-state index in [1.54, 1.807) is 37.3 Å². The van der Waals surface area contributed by atoms with Crippen LogP contribution in [0.25, 0.3) is 0 Å². The van der Waals surface area contributed by atoms with Crippen LogP contribution >= 0.6 is 0 Å². The highest BCUT2D eigenvalue weighted by Crippen LogP contribution is 2.40. The van der Waals surface area contributed by atoms with Gasteiger partial charge in [0.15, 0.2) is 23.0 Å². The Morgan fingerprint density at radius 2 is 1.75 bits per heavy atom. The van der Waals surface area contributed by atoms with E-state index < -0.39 is 12.0 Å². The van der Waals surface area contributed by atoms with E-state index in [1.165, 1.54) is 7.11 Å². The molecule has 0 radical (unpaired) electrons. The van der Waals surface area contributed by atoms with Gasteiger partial charge in [0, 0.05) is 18.3 Å². The zero-order valence-corrected chi connectivity index (χ0v) is 18.3. The molecule has 9 nitrogen and oxygen atoms in total. The lowest BCUT2D eigenvalue weighted by Gasteiger charge is -2.37. The number of rotatable bonds is 5. The number of carbonyl (C=O) groups is 2. The average molecular weight is 442 g/mol. The molecule has 2 aromatic rings. The molecule has 1 N–H and O–H groups in total. The molecule has 32 heavy (non-hydrogen) atoms. The molecule has 0 saturated carbocycles. The standard InChI is InChI=1S/C23H26N2O7/c1-28-19-10-14-6-7-25(17(13-22(26)30-3)16(14)12-20(19)29-2)23(27)24-15-4-5-18-21(11-15)32-9-8-31-18/h4-5,10-12,17H,6-9,13H2,1-3H3,(H,24,27)/t17-/m1/s1. The van der Waals surface area contributed by atoms with Gasteiger partial charge in [-0.15, -0.1) is 0 Å². The molecule has 0 spiro atoms. The number of amides is 2. The number of hydrogen-bond donors (Lipinski definition) is 1. The van der Waals surface area contributed by atoms with Crippen molar-refractivity contribution in [3.8, 4) is 23.0 Å². The van der Waals surface area contributed by atoms with Crippen LogP contribution in [-0.2, 0) is 16.0 Å². The molecule has 2 amide bonds. The van der Waals surface area contributed by atoms with E-state index in [9.17, 15) is 9.59 Å². The second kappa shape index (κ2) is 9.25. The molecule has 0 aromatic heterocycles. The summed E-state index contributed by atoms with van der Waals surface area (Å²) in [4.78, 5) is 27.1. The van der Waals surface area contributed by atoms with Crippen LogP contribution in [0.4, 0.5) is 10.5 Å². The summed E-state index contributed by atoms with van der Waals surface area (Å²) >= 11 is 0. The summed E-state index contributed by atoms with van der Waals surface area (Å²) in [6, 6.07) is 8.14. The summed E-state index contributed by atoms with van der Waals surface area (Å²) in [6.45, 7) is 1.38. The fraction of sp³-hybridized carbons (Fsp3) is 0.391. The highest BCUT2D eigenvalue weighted by molar-refractivity contribution is 5.90. The smallest absolute Gasteiger partial charge is 0.322 e. The van der Waals surface area contributed by atoms with Crippen LogP contribution in [0.5, 0.6) is 23.0 Å². The number of carbonyl (C=O) groups excluding carboxylic acids is 2. The van der Waals surface area contributed by atoms with E-state index in [1.807, 2.05) is 12.1 Å². The first-order chi connectivity index (χ1) is 15.5. The summed E-state index contributed by atoms with van der Waals surface area (Å²) in [7, 11) is 4.46. The number of methoxy groups -OCH3 is 3. The van der Waals surface area contributed by atoms with Gasteiger partial charge in [-0.3, -0.25) is 4.79 Å². The Kier molecular flexibility index (Phi) is 6.25. The Morgan fingerprint density at radius 3 is 2.47 bits per heavy atom. The molecular weight excluding hydrogens is 416 g/mol. The quantitative estimate of drug-likeness (QED) is 0.711. The van der Waals surface area contributed by atoms with Crippen molar-refractivity contribution in [1.82, 2.24) is 4.90 Å². The first-order valence-corrected chi connectivity index (χ1v) is 10.3. The maximum Gasteiger partial charge on any atom is 0.322 e. The molecule has 0 unspecified atom stereocenters. The van der Waals surface area contributed by atoms with Crippen molar-refractivity contribution in [1.29, 1.82) is 0 Å². The molecule has 0 aliphatic carbocycles. The van der Waals surface area contributed by atoms with Crippen molar-refractivity contribution in [3.05, 3.63) is 41.5 Å². The number of anilines is 1. The molecule has 1 atom stereocenters. The number of fused-ring (bicyclic) bond motifs is 2. The zero-order valence-electron chi connectivity index (χ0n) is 18.3. The Labute approximate surface area is 186 Å². The Morgan fingerprint density at radius 1 is 1.03 bits per heavy atom. The maximum absolute atomic E-state index is 13.2. The largest absolute Gasteiger partial charge is 0.493 e. The van der Waals surface area contributed by atoms with Crippen molar-refractivity contribution in [3.63, 3.8) is 0 Å². The highest BCUT2D eigenvalue weighted by atomic mass is 16.6. The average Bonchev–Trinajstić information content (AvgIpc) is 2.82. The van der Waals surface area contributed by atoms with Crippen LogP contribution < -0.4 is 24.3 Å². The minimum absolute atomic E-state index is 0.0214. The lowest BCUT2D eigenvalue weighted by atomic mass is 9.90. The molecule has 0 fully saturated rings. The fourth-order valence-corrected chi connectivity index (χ4v) is 4.05. The second-order valence-electron chi connectivity index (χ2n) is 7.43. The predicted molar refractivity (Wildman–Crippen MR) is 116 cm³/mol. The van der Waals surface area contributed by atoms with Gasteiger partial charge in [-0.05, 0) is 41.8 Å². The Balaban J connectivity index is 1.62. The van der Waals surface area contributed by atoms with E-state index in [2.05, 4.69) is 5.32 Å². The first-order valence-electron chi connectivity index (χ1n) is 10.3. The molecule has 4 rings (SSSR count). The van der Waals surface area contributed by atoms with Gasteiger partial charge in [0.1, 0.15) is 13.2 Å². The van der Waals surface area contributed by atoms with Gasteiger partial charge in [0.2, 0.25) is 0 Å². The van der Waals surface area contributed by atoms with Crippen molar-refractivity contribution >= 4 is 17.7 Å². The lowest BCUT2D eigenvalue weighted by Crippen LogP contribution is -2.43. The van der Waals surface area contributed by atoms with Gasteiger partial charge in [-0.25, -0.2) is 4.79 Å². The third-order valence-electron chi connectivity index (χ3n) is 5.64. The number of esters is 1. The number of nitrogens with one attached hydrogen (secondary N) is 1. The maximum atomic E-state index is 13.2. The minimum Gasteiger partial charge on any atom is -0.493 e. The summed E-state index contributed by atoms with van der Waals surface area (Å²) < 4.78 is 26.9. The van der Waals surface area contributed by atoms with Crippen molar-refractivity contribution in [2.45, 2.75) is 18.9 Å². The van der Waals surface area contributed by atoms with Gasteiger partial charge in [-0.2, -0.15) is 0 Å². The van der Waals surface area contributed by atoms with Crippen LogP contribution in [0.1, 0.15) is 23.6 Å². The normalized spacial score (nSPS) is 16.6. The van der Waals surface area contributed by atoms with Gasteiger partial charge < -0.3 is 33.9 Å². The van der Waals surface area contributed by atoms with E-state index in [-0.39, 0.29) is 12.5 Å². The van der Waals surface area contributed by atoms with Crippen molar-refractivity contribution in [2.24, 2.45) is 0 Å². The number of urea groups is 1. The third kappa shape index (κ3) is 4.23. The monoisotopic (exact) mass is 442 g/mol. The zero-order chi connectivity index (χ0) is 22.7. The van der Waals surface area contributed by atoms with Crippen LogP contribution in [0, 0.1) is 0 Å². The summed E-state index contributed by atoms with van der Waals surface area (Å²) in [5, 5.41) is 2.91. The van der Waals surface area contributed by atoms with Crippen molar-refractivity contribution in [2.75, 3.05) is 46.4 Å². The molecule has 2 aliphatic rings. The predicted octanol–water partition coefficient (Wildman–Crippen LogP) is 3.17. The summed E-state index contributed by atoms with van der Waals surface area (Å²) in [5.74, 6) is 1.97. The molecular formula is C23H26N2O7. The molecule has 0 saturated heterocycles. The number of ether oxygens (including phenoxy) is 5. The third-order valence-corrected chi connectivity index (χ3v) is 5.64. The van der Waals surface area contributed by atoms with E-state index in [0.717, 1.165) is 11.1 Å². The topological polar surface area (TPSA) is 95.6 Å². The summed E-state index contributed by atoms with van der Waals surface area (Å²) in [6.07, 6.45) is 0.634. The number of hydrogen-bond acceptors (Lipinski definition) is 7. The Bertz CT molecular complexity index is 1020. The van der Waals surface area contributed by atoms with Crippen LogP contribution in [0.15, 0.2) is 30.3 Å². The van der Waals surface area contributed by atoms with Gasteiger partial charge in [0.25, 0.3) is 0 Å². The number of nitrogens with zero attached hydrogens (tertiary/aromatic N) is 1. The van der Waals surface area contributed by atoms with Gasteiger partial charge in [0.05, 0.1) is 33.8 Å². The van der Waals surface area contributed by atoms with Gasteiger partial charge >= 0.3 is 12.0 Å². The highest BCUT2D eigenvalue weighted by Gasteiger charge is 2.34. The lowest BCUT2D eigenvalue weighted by molar-refractivity contribution is -0.141. The van der Waals surface area contributed by atoms with Crippen LogP contribution in [0.2, 0.25) is 0 Å². The molecule has 2 heterocycles. The molecule has 2 aromatic carbocycles. The minimum atomic E-state index is -0.511. The first kappa shape index (κ1) is 21.6. The van der Waals surface area contributed by atoms with Crippen molar-refractivity contribution < 1.29 is 33.3 Å². The summed E-state index contributed by atoms with van der Waals surface area (Å²) in [5.41, 5.74) is 2.41. The van der Waals surface area contributed by atoms with Crippen LogP contribution in [0.3, 0.4) is 0 Å². The molecule has 170 valence electrons. The van der Waals surface area contributed by atoms with E-state index >= 15 is 0 Å². The fourth-order valence-electron chi connectivity index (χ4n) is 4.05.